The van der Waals surface area contributed by atoms with Crippen molar-refractivity contribution in [3.8, 4) is 5.75 Å². The standard InChI is InChI=1S/C21H22N4O3/c1-2-28-16-10-8-15(9-11-16)22-20(26)19-23-18(17-7-3-4-14-25(17)19)21(27)24-12-5-6-13-24/h3-4,7-11,14H,2,5-6,12-13H2,1H3,(H,22,26). The second-order valence-corrected chi connectivity index (χ2v) is 6.65. The minimum absolute atomic E-state index is 0.124. The summed E-state index contributed by atoms with van der Waals surface area (Å²) in [6, 6.07) is 12.6. The number of benzene rings is 1. The van der Waals surface area contributed by atoms with E-state index < -0.39 is 0 Å². The number of imidazole rings is 1. The summed E-state index contributed by atoms with van der Waals surface area (Å²) in [5.41, 5.74) is 1.59. The maximum atomic E-state index is 12.9. The second kappa shape index (κ2) is 7.72. The molecule has 0 bridgehead atoms. The van der Waals surface area contributed by atoms with Crippen LogP contribution in [0.4, 0.5) is 5.69 Å². The molecular formula is C21H22N4O3. The van der Waals surface area contributed by atoms with Crippen LogP contribution < -0.4 is 10.1 Å². The van der Waals surface area contributed by atoms with Gasteiger partial charge in [0.15, 0.2) is 5.69 Å². The first kappa shape index (κ1) is 18.0. The SMILES string of the molecule is CCOc1ccc(NC(=O)c2nc(C(=O)N3CCCC3)c3ccccn23)cc1. The van der Waals surface area contributed by atoms with Crippen molar-refractivity contribution in [2.75, 3.05) is 25.0 Å². The van der Waals surface area contributed by atoms with Crippen molar-refractivity contribution in [2.45, 2.75) is 19.8 Å². The van der Waals surface area contributed by atoms with E-state index in [0.717, 1.165) is 31.7 Å². The number of likely N-dealkylation sites (tertiary alicyclic amines) is 1. The number of aromatic nitrogens is 2. The summed E-state index contributed by atoms with van der Waals surface area (Å²) in [4.78, 5) is 31.9. The number of ether oxygens (including phenoxy) is 1. The van der Waals surface area contributed by atoms with E-state index in [1.54, 1.807) is 39.8 Å². The van der Waals surface area contributed by atoms with Crippen LogP contribution in [0.25, 0.3) is 5.52 Å². The third kappa shape index (κ3) is 3.43. The number of hydrogen-bond donors (Lipinski definition) is 1. The molecule has 0 unspecified atom stereocenters. The molecule has 1 aliphatic heterocycles. The topological polar surface area (TPSA) is 75.9 Å². The van der Waals surface area contributed by atoms with Gasteiger partial charge >= 0.3 is 0 Å². The molecule has 0 saturated carbocycles. The van der Waals surface area contributed by atoms with Gasteiger partial charge in [0.1, 0.15) is 5.75 Å². The van der Waals surface area contributed by atoms with Crippen LogP contribution in [-0.2, 0) is 0 Å². The van der Waals surface area contributed by atoms with Crippen LogP contribution in [0.5, 0.6) is 5.75 Å². The Morgan fingerprint density at radius 1 is 1.11 bits per heavy atom. The van der Waals surface area contributed by atoms with Crippen LogP contribution in [0.15, 0.2) is 48.7 Å². The Morgan fingerprint density at radius 3 is 2.57 bits per heavy atom. The van der Waals surface area contributed by atoms with Crippen LogP contribution in [-0.4, -0.2) is 45.8 Å². The average molecular weight is 378 g/mol. The Bertz CT molecular complexity index is 1000. The van der Waals surface area contributed by atoms with Crippen molar-refractivity contribution in [3.63, 3.8) is 0 Å². The summed E-state index contributed by atoms with van der Waals surface area (Å²) in [7, 11) is 0. The minimum atomic E-state index is -0.370. The maximum Gasteiger partial charge on any atom is 0.292 e. The number of pyridine rings is 1. The number of nitrogens with one attached hydrogen (secondary N) is 1. The van der Waals surface area contributed by atoms with Gasteiger partial charge in [-0.15, -0.1) is 0 Å². The first-order chi connectivity index (χ1) is 13.7. The van der Waals surface area contributed by atoms with Crippen LogP contribution in [0.3, 0.4) is 0 Å². The number of anilines is 1. The first-order valence-corrected chi connectivity index (χ1v) is 9.48. The highest BCUT2D eigenvalue weighted by Crippen LogP contribution is 2.20. The highest BCUT2D eigenvalue weighted by Gasteiger charge is 2.26. The third-order valence-corrected chi connectivity index (χ3v) is 4.77. The number of carbonyl (C=O) groups is 2. The molecule has 28 heavy (non-hydrogen) atoms. The molecule has 1 saturated heterocycles. The third-order valence-electron chi connectivity index (χ3n) is 4.77. The normalized spacial score (nSPS) is 13.7. The van der Waals surface area contributed by atoms with E-state index in [1.807, 2.05) is 25.1 Å². The highest BCUT2D eigenvalue weighted by molar-refractivity contribution is 6.06. The molecule has 0 radical (unpaired) electrons. The number of carbonyl (C=O) groups excluding carboxylic acids is 2. The summed E-state index contributed by atoms with van der Waals surface area (Å²) in [6.07, 6.45) is 3.75. The van der Waals surface area contributed by atoms with E-state index in [9.17, 15) is 9.59 Å². The molecule has 1 aromatic carbocycles. The predicted molar refractivity (Wildman–Crippen MR) is 106 cm³/mol. The Kier molecular flexibility index (Phi) is 4.97. The number of nitrogens with zero attached hydrogens (tertiary/aromatic N) is 3. The van der Waals surface area contributed by atoms with E-state index >= 15 is 0 Å². The van der Waals surface area contributed by atoms with Crippen LogP contribution in [0.2, 0.25) is 0 Å². The molecule has 4 rings (SSSR count). The van der Waals surface area contributed by atoms with Gasteiger partial charge in [0.2, 0.25) is 5.82 Å². The molecule has 2 aromatic heterocycles. The van der Waals surface area contributed by atoms with E-state index in [4.69, 9.17) is 4.74 Å². The predicted octanol–water partition coefficient (Wildman–Crippen LogP) is 3.22. The van der Waals surface area contributed by atoms with Gasteiger partial charge in [-0.05, 0) is 56.2 Å². The van der Waals surface area contributed by atoms with Crippen molar-refractivity contribution in [1.82, 2.24) is 14.3 Å². The summed E-state index contributed by atoms with van der Waals surface area (Å²) >= 11 is 0. The quantitative estimate of drug-likeness (QED) is 0.740. The number of rotatable bonds is 5. The van der Waals surface area contributed by atoms with Crippen LogP contribution >= 0.6 is 0 Å². The fourth-order valence-corrected chi connectivity index (χ4v) is 3.41. The summed E-state index contributed by atoms with van der Waals surface area (Å²) in [5, 5.41) is 2.84. The first-order valence-electron chi connectivity index (χ1n) is 9.48. The zero-order chi connectivity index (χ0) is 19.5. The molecule has 7 heteroatoms. The van der Waals surface area contributed by atoms with Gasteiger partial charge in [-0.2, -0.15) is 0 Å². The lowest BCUT2D eigenvalue weighted by atomic mass is 10.3. The van der Waals surface area contributed by atoms with Crippen molar-refractivity contribution in [2.24, 2.45) is 0 Å². The maximum absolute atomic E-state index is 12.9. The lowest BCUT2D eigenvalue weighted by Gasteiger charge is -2.13. The lowest BCUT2D eigenvalue weighted by molar-refractivity contribution is 0.0789. The molecular weight excluding hydrogens is 356 g/mol. The molecule has 0 atom stereocenters. The zero-order valence-corrected chi connectivity index (χ0v) is 15.7. The Hall–Kier alpha value is -3.35. The fraction of sp³-hybridized carbons (Fsp3) is 0.286. The lowest BCUT2D eigenvalue weighted by Crippen LogP contribution is -2.28. The average Bonchev–Trinajstić information content (AvgIpc) is 3.37. The van der Waals surface area contributed by atoms with Gasteiger partial charge in [-0.3, -0.25) is 14.0 Å². The van der Waals surface area contributed by atoms with Gasteiger partial charge in [0.25, 0.3) is 11.8 Å². The van der Waals surface area contributed by atoms with E-state index in [1.165, 1.54) is 0 Å². The van der Waals surface area contributed by atoms with Gasteiger partial charge in [0.05, 0.1) is 12.1 Å². The Balaban J connectivity index is 1.62. The second-order valence-electron chi connectivity index (χ2n) is 6.65. The molecule has 0 spiro atoms. The molecule has 0 aliphatic carbocycles. The van der Waals surface area contributed by atoms with Crippen LogP contribution in [0.1, 0.15) is 40.9 Å². The highest BCUT2D eigenvalue weighted by atomic mass is 16.5. The van der Waals surface area contributed by atoms with Gasteiger partial charge in [-0.25, -0.2) is 4.98 Å². The number of fused-ring (bicyclic) bond motifs is 1. The Labute approximate surface area is 162 Å². The molecule has 3 heterocycles. The molecule has 1 aliphatic rings. The monoisotopic (exact) mass is 378 g/mol. The van der Waals surface area contributed by atoms with E-state index in [-0.39, 0.29) is 17.6 Å². The van der Waals surface area contributed by atoms with Gasteiger partial charge in [-0.1, -0.05) is 6.07 Å². The summed E-state index contributed by atoms with van der Waals surface area (Å²) < 4.78 is 7.08. The van der Waals surface area contributed by atoms with Crippen molar-refractivity contribution in [3.05, 3.63) is 60.2 Å². The number of hydrogen-bond acceptors (Lipinski definition) is 4. The minimum Gasteiger partial charge on any atom is -0.494 e. The Morgan fingerprint density at radius 2 is 1.86 bits per heavy atom. The van der Waals surface area contributed by atoms with E-state index in [2.05, 4.69) is 10.3 Å². The van der Waals surface area contributed by atoms with Crippen molar-refractivity contribution in [1.29, 1.82) is 0 Å². The van der Waals surface area contributed by atoms with Crippen LogP contribution in [0, 0.1) is 0 Å². The molecule has 144 valence electrons. The number of amides is 2. The van der Waals surface area contributed by atoms with E-state index in [0.29, 0.717) is 23.5 Å². The largest absolute Gasteiger partial charge is 0.494 e. The van der Waals surface area contributed by atoms with Gasteiger partial charge < -0.3 is 15.0 Å². The van der Waals surface area contributed by atoms with Crippen molar-refractivity contribution < 1.29 is 14.3 Å². The smallest absolute Gasteiger partial charge is 0.292 e. The fourth-order valence-electron chi connectivity index (χ4n) is 3.41. The zero-order valence-electron chi connectivity index (χ0n) is 15.7. The molecule has 1 fully saturated rings. The summed E-state index contributed by atoms with van der Waals surface area (Å²) in [6.45, 7) is 3.97. The van der Waals surface area contributed by atoms with Gasteiger partial charge in [0, 0.05) is 25.0 Å². The molecule has 3 aromatic rings. The molecule has 2 amide bonds. The summed E-state index contributed by atoms with van der Waals surface area (Å²) in [5.74, 6) is 0.435. The molecule has 7 nitrogen and oxygen atoms in total. The molecule has 1 N–H and O–H groups in total. The van der Waals surface area contributed by atoms with Crippen molar-refractivity contribution >= 4 is 23.0 Å².